The average Bonchev–Trinajstić information content (AvgIpc) is 2.50. The van der Waals surface area contributed by atoms with Crippen LogP contribution in [0.5, 0.6) is 5.75 Å². The lowest BCUT2D eigenvalue weighted by molar-refractivity contribution is -0.144. The van der Waals surface area contributed by atoms with Crippen molar-refractivity contribution in [2.75, 3.05) is 47.9 Å². The maximum absolute atomic E-state index is 12.1. The van der Waals surface area contributed by atoms with Crippen LogP contribution in [-0.2, 0) is 19.6 Å². The highest BCUT2D eigenvalue weighted by Crippen LogP contribution is 2.27. The molecule has 0 aromatic heterocycles. The zero-order valence-electron chi connectivity index (χ0n) is 15.0. The summed E-state index contributed by atoms with van der Waals surface area (Å²) in [7, 11) is 3.09. The first kappa shape index (κ1) is 21.7. The van der Waals surface area contributed by atoms with Crippen molar-refractivity contribution in [3.8, 4) is 5.75 Å². The van der Waals surface area contributed by atoms with Crippen molar-refractivity contribution < 1.29 is 22.7 Å². The van der Waals surface area contributed by atoms with Gasteiger partial charge in [-0.1, -0.05) is 11.6 Å². The van der Waals surface area contributed by atoms with Crippen molar-refractivity contribution in [1.82, 2.24) is 9.21 Å². The molecule has 0 spiro atoms. The number of hydrogen-bond acceptors (Lipinski definition) is 6. The van der Waals surface area contributed by atoms with Gasteiger partial charge in [-0.25, -0.2) is 12.7 Å². The van der Waals surface area contributed by atoms with E-state index in [1.54, 1.807) is 0 Å². The zero-order valence-corrected chi connectivity index (χ0v) is 16.6. The fraction of sp³-hybridized carbons (Fsp3) is 0.562. The molecule has 142 valence electrons. The summed E-state index contributed by atoms with van der Waals surface area (Å²) in [6.07, 6.45) is 0.754. The second-order valence-electron chi connectivity index (χ2n) is 5.86. The van der Waals surface area contributed by atoms with Crippen LogP contribution in [0, 0.1) is 0 Å². The Hall–Kier alpha value is -1.35. The lowest BCUT2D eigenvalue weighted by Gasteiger charge is -2.14. The minimum absolute atomic E-state index is 0.0241. The Kier molecular flexibility index (Phi) is 8.64. The first-order valence-corrected chi connectivity index (χ1v) is 9.61. The van der Waals surface area contributed by atoms with Gasteiger partial charge in [0, 0.05) is 33.1 Å². The van der Waals surface area contributed by atoms with E-state index in [1.165, 1.54) is 32.3 Å². The Morgan fingerprint density at radius 2 is 1.84 bits per heavy atom. The van der Waals surface area contributed by atoms with Crippen LogP contribution in [-0.4, -0.2) is 71.5 Å². The second-order valence-corrected chi connectivity index (χ2v) is 8.38. The summed E-state index contributed by atoms with van der Waals surface area (Å²) in [5.74, 6) is 0.180. The third-order valence-electron chi connectivity index (χ3n) is 3.26. The molecule has 0 heterocycles. The summed E-state index contributed by atoms with van der Waals surface area (Å²) in [5, 5.41) is 0.0919. The number of nitrogens with zero attached hydrogens (tertiary/aromatic N) is 2. The maximum atomic E-state index is 12.1. The summed E-state index contributed by atoms with van der Waals surface area (Å²) in [6, 6.07) is 4.40. The predicted molar refractivity (Wildman–Crippen MR) is 96.6 cm³/mol. The highest BCUT2D eigenvalue weighted by molar-refractivity contribution is 7.89. The molecule has 0 atom stereocenters. The average molecular weight is 393 g/mol. The molecule has 0 radical (unpaired) electrons. The van der Waals surface area contributed by atoms with E-state index >= 15 is 0 Å². The Labute approximate surface area is 154 Å². The van der Waals surface area contributed by atoms with E-state index in [4.69, 9.17) is 21.1 Å². The van der Waals surface area contributed by atoms with Crippen molar-refractivity contribution in [1.29, 1.82) is 0 Å². The molecule has 0 saturated carbocycles. The predicted octanol–water partition coefficient (Wildman–Crippen LogP) is 1.85. The number of benzene rings is 1. The molecule has 9 heteroatoms. The van der Waals surface area contributed by atoms with Gasteiger partial charge in [-0.3, -0.25) is 4.79 Å². The summed E-state index contributed by atoms with van der Waals surface area (Å²) < 4.78 is 35.8. The van der Waals surface area contributed by atoms with Gasteiger partial charge >= 0.3 is 5.97 Å². The van der Waals surface area contributed by atoms with Crippen LogP contribution in [0.2, 0.25) is 5.02 Å². The van der Waals surface area contributed by atoms with Crippen molar-refractivity contribution in [2.24, 2.45) is 0 Å². The first-order chi connectivity index (χ1) is 11.6. The minimum Gasteiger partial charge on any atom is -0.494 e. The molecule has 0 fully saturated rings. The monoisotopic (exact) mass is 392 g/mol. The van der Waals surface area contributed by atoms with Crippen molar-refractivity contribution in [2.45, 2.75) is 17.7 Å². The minimum atomic E-state index is -3.59. The van der Waals surface area contributed by atoms with E-state index in [-0.39, 0.29) is 22.3 Å². The molecule has 0 N–H and O–H groups in total. The molecule has 0 unspecified atom stereocenters. The molecule has 1 aromatic rings. The molecule has 0 aliphatic heterocycles. The molecule has 0 saturated heterocycles. The van der Waals surface area contributed by atoms with Crippen LogP contribution in [0.3, 0.4) is 0 Å². The van der Waals surface area contributed by atoms with Gasteiger partial charge in [-0.05, 0) is 32.6 Å². The van der Waals surface area contributed by atoms with E-state index < -0.39 is 10.0 Å². The maximum Gasteiger partial charge on any atom is 0.305 e. The van der Waals surface area contributed by atoms with Crippen molar-refractivity contribution in [3.05, 3.63) is 23.2 Å². The Bertz CT molecular complexity index is 677. The molecular formula is C16H25ClN2O5S. The molecule has 0 amide bonds. The largest absolute Gasteiger partial charge is 0.494 e. The number of carbonyl (C=O) groups is 1. The van der Waals surface area contributed by atoms with E-state index in [0.717, 1.165) is 4.31 Å². The number of rotatable bonds is 10. The van der Waals surface area contributed by atoms with Crippen LogP contribution in [0.25, 0.3) is 0 Å². The van der Waals surface area contributed by atoms with E-state index in [1.807, 2.05) is 19.0 Å². The van der Waals surface area contributed by atoms with Gasteiger partial charge in [0.25, 0.3) is 0 Å². The topological polar surface area (TPSA) is 76.1 Å². The number of hydrogen-bond donors (Lipinski definition) is 0. The lowest BCUT2D eigenvalue weighted by Crippen LogP contribution is -2.22. The van der Waals surface area contributed by atoms with Gasteiger partial charge in [0.2, 0.25) is 10.0 Å². The quantitative estimate of drug-likeness (QED) is 0.447. The van der Waals surface area contributed by atoms with Gasteiger partial charge in [0.1, 0.15) is 17.3 Å². The van der Waals surface area contributed by atoms with Gasteiger partial charge in [-0.15, -0.1) is 0 Å². The van der Waals surface area contributed by atoms with Crippen LogP contribution in [0.1, 0.15) is 12.8 Å². The van der Waals surface area contributed by atoms with E-state index in [0.29, 0.717) is 31.9 Å². The molecule has 7 nitrogen and oxygen atoms in total. The molecule has 1 rings (SSSR count). The van der Waals surface area contributed by atoms with Crippen molar-refractivity contribution in [3.63, 3.8) is 0 Å². The standard InChI is InChI=1S/C16H25ClN2O5S/c1-18(2)9-11-24-16(20)6-5-10-23-13-7-8-15(14(17)12-13)25(21,22)19(3)4/h7-8,12H,5-6,9-11H2,1-4H3. The zero-order chi connectivity index (χ0) is 19.0. The first-order valence-electron chi connectivity index (χ1n) is 7.80. The molecular weight excluding hydrogens is 368 g/mol. The molecule has 0 aliphatic rings. The second kappa shape index (κ2) is 9.96. The summed E-state index contributed by atoms with van der Waals surface area (Å²) in [6.45, 7) is 1.35. The third-order valence-corrected chi connectivity index (χ3v) is 5.56. The number of sulfonamides is 1. The van der Waals surface area contributed by atoms with Gasteiger partial charge in [0.15, 0.2) is 0 Å². The summed E-state index contributed by atoms with van der Waals surface area (Å²) in [5.41, 5.74) is 0. The number of halogens is 1. The van der Waals surface area contributed by atoms with E-state index in [9.17, 15) is 13.2 Å². The normalized spacial score (nSPS) is 11.8. The molecule has 25 heavy (non-hydrogen) atoms. The lowest BCUT2D eigenvalue weighted by atomic mass is 10.3. The van der Waals surface area contributed by atoms with Crippen molar-refractivity contribution >= 4 is 27.6 Å². The summed E-state index contributed by atoms with van der Waals surface area (Å²) in [4.78, 5) is 13.5. The molecule has 0 bridgehead atoms. The highest BCUT2D eigenvalue weighted by atomic mass is 35.5. The van der Waals surface area contributed by atoms with Crippen LogP contribution in [0.15, 0.2) is 23.1 Å². The summed E-state index contributed by atoms with van der Waals surface area (Å²) >= 11 is 6.04. The van der Waals surface area contributed by atoms with Gasteiger partial charge in [0.05, 0.1) is 11.6 Å². The SMILES string of the molecule is CN(C)CCOC(=O)CCCOc1ccc(S(=O)(=O)N(C)C)c(Cl)c1. The van der Waals surface area contributed by atoms with Crippen LogP contribution >= 0.6 is 11.6 Å². The van der Waals surface area contributed by atoms with Crippen LogP contribution < -0.4 is 4.74 Å². The number of likely N-dealkylation sites (N-methyl/N-ethyl adjacent to an activating group) is 1. The highest BCUT2D eigenvalue weighted by Gasteiger charge is 2.20. The smallest absolute Gasteiger partial charge is 0.305 e. The van der Waals surface area contributed by atoms with Gasteiger partial charge in [-0.2, -0.15) is 0 Å². The molecule has 1 aromatic carbocycles. The molecule has 0 aliphatic carbocycles. The fourth-order valence-corrected chi connectivity index (χ4v) is 3.20. The Morgan fingerprint density at radius 1 is 1.16 bits per heavy atom. The van der Waals surface area contributed by atoms with Gasteiger partial charge < -0.3 is 14.4 Å². The number of ether oxygens (including phenoxy) is 2. The number of carbonyl (C=O) groups excluding carboxylic acids is 1. The van der Waals surface area contributed by atoms with Crippen LogP contribution in [0.4, 0.5) is 0 Å². The van der Waals surface area contributed by atoms with E-state index in [2.05, 4.69) is 0 Å². The Balaban J connectivity index is 2.44. The third kappa shape index (κ3) is 7.19. The fourth-order valence-electron chi connectivity index (χ4n) is 1.80. The Morgan fingerprint density at radius 3 is 2.40 bits per heavy atom. The number of esters is 1.